The summed E-state index contributed by atoms with van der Waals surface area (Å²) in [5.74, 6) is 0.135. The summed E-state index contributed by atoms with van der Waals surface area (Å²) < 4.78 is 0. The number of hydrogen-bond donors (Lipinski definition) is 0. The molecule has 1 aromatic carbocycles. The largest absolute Gasteiger partial charge is 0.293 e. The van der Waals surface area contributed by atoms with E-state index in [-0.39, 0.29) is 5.78 Å². The Labute approximate surface area is 124 Å². The summed E-state index contributed by atoms with van der Waals surface area (Å²) in [5.41, 5.74) is 1.73. The van der Waals surface area contributed by atoms with E-state index in [1.807, 2.05) is 60.7 Å². The zero-order valence-corrected chi connectivity index (χ0v) is 12.6. The second-order valence-electron chi connectivity index (χ2n) is 4.65. The second-order valence-corrected chi connectivity index (χ2v) is 5.52. The van der Waals surface area contributed by atoms with Crippen molar-refractivity contribution in [3.8, 4) is 0 Å². The highest BCUT2D eigenvalue weighted by Crippen LogP contribution is 2.15. The minimum absolute atomic E-state index is 0.135. The number of thioether (sulfide) groups is 1. The van der Waals surface area contributed by atoms with Crippen LogP contribution < -0.4 is 0 Å². The van der Waals surface area contributed by atoms with Gasteiger partial charge in [-0.3, -0.25) is 14.7 Å². The molecule has 20 heavy (non-hydrogen) atoms. The van der Waals surface area contributed by atoms with Crippen LogP contribution in [0.15, 0.2) is 53.6 Å². The predicted molar refractivity (Wildman–Crippen MR) is 83.1 cm³/mol. The fraction of sp³-hybridized carbons (Fsp3) is 0.250. The predicted octanol–water partition coefficient (Wildman–Crippen LogP) is 3.12. The summed E-state index contributed by atoms with van der Waals surface area (Å²) in [7, 11) is 1.93. The van der Waals surface area contributed by atoms with Gasteiger partial charge >= 0.3 is 0 Å². The lowest BCUT2D eigenvalue weighted by Crippen LogP contribution is -2.26. The van der Waals surface area contributed by atoms with Crippen molar-refractivity contribution in [1.82, 2.24) is 9.88 Å². The molecule has 4 heteroatoms. The Bertz CT molecular complexity index is 554. The molecule has 104 valence electrons. The molecule has 0 aliphatic rings. The van der Waals surface area contributed by atoms with Crippen molar-refractivity contribution in [3.63, 3.8) is 0 Å². The van der Waals surface area contributed by atoms with Crippen LogP contribution in [0.3, 0.4) is 0 Å². The Hall–Kier alpha value is -1.65. The van der Waals surface area contributed by atoms with Crippen molar-refractivity contribution in [2.45, 2.75) is 11.4 Å². The van der Waals surface area contributed by atoms with Gasteiger partial charge in [0.05, 0.1) is 12.2 Å². The summed E-state index contributed by atoms with van der Waals surface area (Å²) in [6, 6.07) is 13.6. The van der Waals surface area contributed by atoms with Crippen molar-refractivity contribution >= 4 is 17.5 Å². The number of ketones is 1. The highest BCUT2D eigenvalue weighted by molar-refractivity contribution is 7.98. The van der Waals surface area contributed by atoms with Gasteiger partial charge in [-0.15, -0.1) is 11.8 Å². The van der Waals surface area contributed by atoms with Crippen molar-refractivity contribution in [2.24, 2.45) is 0 Å². The first kappa shape index (κ1) is 14.8. The molecule has 0 aliphatic heterocycles. The number of carbonyl (C=O) groups is 1. The topological polar surface area (TPSA) is 33.2 Å². The average molecular weight is 286 g/mol. The molecule has 0 atom stereocenters. The van der Waals surface area contributed by atoms with Crippen LogP contribution in [0.25, 0.3) is 0 Å². The number of aromatic nitrogens is 1. The molecule has 0 amide bonds. The van der Waals surface area contributed by atoms with Crippen LogP contribution >= 0.6 is 11.8 Å². The summed E-state index contributed by atoms with van der Waals surface area (Å²) in [4.78, 5) is 19.6. The number of rotatable bonds is 6. The monoisotopic (exact) mass is 286 g/mol. The van der Waals surface area contributed by atoms with Crippen LogP contribution in [0.1, 0.15) is 16.1 Å². The third-order valence-corrected chi connectivity index (χ3v) is 3.73. The van der Waals surface area contributed by atoms with Gasteiger partial charge in [0.25, 0.3) is 0 Å². The van der Waals surface area contributed by atoms with Crippen molar-refractivity contribution < 1.29 is 4.79 Å². The Morgan fingerprint density at radius 3 is 2.55 bits per heavy atom. The van der Waals surface area contributed by atoms with E-state index in [9.17, 15) is 4.79 Å². The fourth-order valence-electron chi connectivity index (χ4n) is 1.94. The molecule has 0 saturated heterocycles. The lowest BCUT2D eigenvalue weighted by Gasteiger charge is -2.15. The maximum Gasteiger partial charge on any atom is 0.176 e. The molecular weight excluding hydrogens is 268 g/mol. The quantitative estimate of drug-likeness (QED) is 0.603. The van der Waals surface area contributed by atoms with Crippen molar-refractivity contribution in [3.05, 3.63) is 59.9 Å². The first-order valence-corrected chi connectivity index (χ1v) is 7.67. The fourth-order valence-corrected chi connectivity index (χ4v) is 2.35. The zero-order valence-electron chi connectivity index (χ0n) is 11.7. The molecular formula is C16H18N2OS. The first-order chi connectivity index (χ1) is 9.69. The van der Waals surface area contributed by atoms with Crippen molar-refractivity contribution in [1.29, 1.82) is 0 Å². The summed E-state index contributed by atoms with van der Waals surface area (Å²) >= 11 is 1.67. The number of likely N-dealkylation sites (N-methyl/N-ethyl adjacent to an activating group) is 1. The molecule has 2 rings (SSSR count). The Morgan fingerprint density at radius 1 is 1.20 bits per heavy atom. The molecule has 0 radical (unpaired) electrons. The molecule has 1 heterocycles. The number of benzene rings is 1. The lowest BCUT2D eigenvalue weighted by molar-refractivity contribution is 0.0942. The van der Waals surface area contributed by atoms with E-state index in [2.05, 4.69) is 4.98 Å². The molecule has 0 aliphatic carbocycles. The van der Waals surface area contributed by atoms with Gasteiger partial charge in [-0.1, -0.05) is 18.2 Å². The van der Waals surface area contributed by atoms with Crippen LogP contribution in [0, 0.1) is 0 Å². The molecule has 3 nitrogen and oxygen atoms in total. The van der Waals surface area contributed by atoms with Crippen LogP contribution in [0.4, 0.5) is 0 Å². The SMILES string of the molecule is CSc1ccc(C(=O)CN(C)Cc2ccccn2)cc1. The van der Waals surface area contributed by atoms with Gasteiger partial charge in [0.2, 0.25) is 0 Å². The van der Waals surface area contributed by atoms with Gasteiger partial charge in [-0.05, 0) is 37.6 Å². The van der Waals surface area contributed by atoms with E-state index in [1.54, 1.807) is 18.0 Å². The molecule has 2 aromatic rings. The van der Waals surface area contributed by atoms with Gasteiger partial charge in [0.15, 0.2) is 5.78 Å². The number of nitrogens with zero attached hydrogens (tertiary/aromatic N) is 2. The van der Waals surface area contributed by atoms with E-state index >= 15 is 0 Å². The van der Waals surface area contributed by atoms with Gasteiger partial charge in [-0.25, -0.2) is 0 Å². The summed E-state index contributed by atoms with van der Waals surface area (Å²) in [6.07, 6.45) is 3.80. The van der Waals surface area contributed by atoms with Crippen LogP contribution in [0.2, 0.25) is 0 Å². The minimum atomic E-state index is 0.135. The average Bonchev–Trinajstić information content (AvgIpc) is 2.48. The van der Waals surface area contributed by atoms with E-state index in [0.29, 0.717) is 13.1 Å². The molecule has 0 saturated carbocycles. The zero-order chi connectivity index (χ0) is 14.4. The highest BCUT2D eigenvalue weighted by atomic mass is 32.2. The van der Waals surface area contributed by atoms with Crippen LogP contribution in [-0.4, -0.2) is 35.5 Å². The maximum atomic E-state index is 12.2. The number of carbonyl (C=O) groups excluding carboxylic acids is 1. The van der Waals surface area contributed by atoms with E-state index in [1.165, 1.54) is 4.90 Å². The van der Waals surface area contributed by atoms with Crippen molar-refractivity contribution in [2.75, 3.05) is 19.8 Å². The highest BCUT2D eigenvalue weighted by Gasteiger charge is 2.10. The Morgan fingerprint density at radius 2 is 1.95 bits per heavy atom. The lowest BCUT2D eigenvalue weighted by atomic mass is 10.1. The molecule has 0 spiro atoms. The third kappa shape index (κ3) is 4.18. The minimum Gasteiger partial charge on any atom is -0.293 e. The third-order valence-electron chi connectivity index (χ3n) is 2.98. The van der Waals surface area contributed by atoms with Gasteiger partial charge in [0, 0.05) is 23.2 Å². The molecule has 0 N–H and O–H groups in total. The molecule has 1 aromatic heterocycles. The van der Waals surface area contributed by atoms with E-state index in [4.69, 9.17) is 0 Å². The smallest absolute Gasteiger partial charge is 0.176 e. The Kier molecular flexibility index (Phi) is 5.32. The molecule has 0 bridgehead atoms. The van der Waals surface area contributed by atoms with E-state index in [0.717, 1.165) is 11.3 Å². The van der Waals surface area contributed by atoms with Crippen LogP contribution in [-0.2, 0) is 6.54 Å². The van der Waals surface area contributed by atoms with E-state index < -0.39 is 0 Å². The maximum absolute atomic E-state index is 12.2. The molecule has 0 fully saturated rings. The second kappa shape index (κ2) is 7.22. The number of Topliss-reactive ketones (excluding diaryl/α,β-unsaturated/α-hetero) is 1. The summed E-state index contributed by atoms with van der Waals surface area (Å²) in [5, 5.41) is 0. The van der Waals surface area contributed by atoms with Gasteiger partial charge < -0.3 is 0 Å². The normalized spacial score (nSPS) is 10.8. The number of pyridine rings is 1. The Balaban J connectivity index is 1.93. The standard InChI is InChI=1S/C16H18N2OS/c1-18(11-14-5-3-4-10-17-14)12-16(19)13-6-8-15(20-2)9-7-13/h3-10H,11-12H2,1-2H3. The molecule has 0 unspecified atom stereocenters. The van der Waals surface area contributed by atoms with Gasteiger partial charge in [-0.2, -0.15) is 0 Å². The summed E-state index contributed by atoms with van der Waals surface area (Å²) in [6.45, 7) is 1.07. The van der Waals surface area contributed by atoms with Crippen LogP contribution in [0.5, 0.6) is 0 Å². The first-order valence-electron chi connectivity index (χ1n) is 6.45. The number of hydrogen-bond acceptors (Lipinski definition) is 4. The van der Waals surface area contributed by atoms with Gasteiger partial charge in [0.1, 0.15) is 0 Å².